The number of aryl methyl sites for hydroxylation is 1. The van der Waals surface area contributed by atoms with Gasteiger partial charge in [0.25, 0.3) is 0 Å². The molecule has 1 fully saturated rings. The summed E-state index contributed by atoms with van der Waals surface area (Å²) in [6, 6.07) is 5.94. The molecule has 0 unspecified atom stereocenters. The van der Waals surface area contributed by atoms with Crippen LogP contribution in [-0.2, 0) is 16.0 Å². The first-order valence-electron chi connectivity index (χ1n) is 7.81. The van der Waals surface area contributed by atoms with Crippen LogP contribution in [0.25, 0.3) is 0 Å². The van der Waals surface area contributed by atoms with Crippen LogP contribution in [0.3, 0.4) is 0 Å². The van der Waals surface area contributed by atoms with Crippen molar-refractivity contribution in [2.45, 2.75) is 39.5 Å². The van der Waals surface area contributed by atoms with E-state index in [4.69, 9.17) is 0 Å². The molecular formula is C17H22N2O2. The molecule has 21 heavy (non-hydrogen) atoms. The number of fused-ring (bicyclic) bond motifs is 1. The highest BCUT2D eigenvalue weighted by Crippen LogP contribution is 2.33. The molecular weight excluding hydrogens is 264 g/mol. The molecule has 1 aliphatic heterocycles. The number of nitrogens with zero attached hydrogens (tertiary/aromatic N) is 1. The molecule has 1 N–H and O–H groups in total. The number of benzene rings is 1. The normalized spacial score (nSPS) is 17.6. The van der Waals surface area contributed by atoms with Crippen molar-refractivity contribution in [3.05, 3.63) is 23.8 Å². The molecule has 0 radical (unpaired) electrons. The molecule has 0 bridgehead atoms. The summed E-state index contributed by atoms with van der Waals surface area (Å²) in [5.41, 5.74) is 2.96. The number of rotatable bonds is 3. The Balaban J connectivity index is 1.85. The number of carbonyl (C=O) groups is 2. The molecule has 1 saturated carbocycles. The second-order valence-corrected chi connectivity index (χ2v) is 6.36. The van der Waals surface area contributed by atoms with E-state index in [2.05, 4.69) is 5.32 Å². The van der Waals surface area contributed by atoms with Gasteiger partial charge in [0.15, 0.2) is 0 Å². The Hall–Kier alpha value is -1.84. The molecule has 2 amide bonds. The van der Waals surface area contributed by atoms with E-state index in [0.29, 0.717) is 0 Å². The van der Waals surface area contributed by atoms with Gasteiger partial charge >= 0.3 is 0 Å². The Morgan fingerprint density at radius 2 is 2.05 bits per heavy atom. The standard InChI is InChI=1S/C17H22N2O2/c1-11(2)17(21)19-9-3-4-12-7-8-14(10-15(12)19)18-16(20)13-5-6-13/h7-8,10-11,13H,3-6,9H2,1-2H3,(H,18,20). The first-order valence-corrected chi connectivity index (χ1v) is 7.81. The summed E-state index contributed by atoms with van der Waals surface area (Å²) in [5.74, 6) is 0.434. The van der Waals surface area contributed by atoms with Crippen molar-refractivity contribution in [1.29, 1.82) is 0 Å². The van der Waals surface area contributed by atoms with Gasteiger partial charge in [0, 0.05) is 29.8 Å². The lowest BCUT2D eigenvalue weighted by atomic mass is 9.99. The molecule has 0 aromatic heterocycles. The molecule has 1 aliphatic carbocycles. The lowest BCUT2D eigenvalue weighted by Crippen LogP contribution is -2.38. The van der Waals surface area contributed by atoms with Crippen molar-refractivity contribution in [2.24, 2.45) is 11.8 Å². The van der Waals surface area contributed by atoms with Gasteiger partial charge in [-0.15, -0.1) is 0 Å². The van der Waals surface area contributed by atoms with Crippen LogP contribution in [0.15, 0.2) is 18.2 Å². The molecule has 2 aliphatic rings. The highest BCUT2D eigenvalue weighted by atomic mass is 16.2. The highest BCUT2D eigenvalue weighted by molar-refractivity contribution is 5.98. The SMILES string of the molecule is CC(C)C(=O)N1CCCc2ccc(NC(=O)C3CC3)cc21. The summed E-state index contributed by atoms with van der Waals surface area (Å²) in [6.07, 6.45) is 3.98. The van der Waals surface area contributed by atoms with Crippen molar-refractivity contribution in [1.82, 2.24) is 0 Å². The summed E-state index contributed by atoms with van der Waals surface area (Å²) in [5, 5.41) is 2.97. The number of amides is 2. The van der Waals surface area contributed by atoms with E-state index in [1.54, 1.807) is 0 Å². The van der Waals surface area contributed by atoms with Crippen molar-refractivity contribution >= 4 is 23.2 Å². The van der Waals surface area contributed by atoms with Gasteiger partial charge in [0.1, 0.15) is 0 Å². The maximum Gasteiger partial charge on any atom is 0.229 e. The van der Waals surface area contributed by atoms with E-state index < -0.39 is 0 Å². The fourth-order valence-corrected chi connectivity index (χ4v) is 2.78. The molecule has 1 heterocycles. The minimum Gasteiger partial charge on any atom is -0.326 e. The molecule has 1 aromatic carbocycles. The third-order valence-electron chi connectivity index (χ3n) is 4.18. The van der Waals surface area contributed by atoms with Crippen LogP contribution >= 0.6 is 0 Å². The fourth-order valence-electron chi connectivity index (χ4n) is 2.78. The van der Waals surface area contributed by atoms with Gasteiger partial charge in [-0.2, -0.15) is 0 Å². The van der Waals surface area contributed by atoms with Crippen LogP contribution in [0.1, 0.15) is 38.7 Å². The third kappa shape index (κ3) is 2.94. The van der Waals surface area contributed by atoms with Gasteiger partial charge in [-0.1, -0.05) is 19.9 Å². The highest BCUT2D eigenvalue weighted by Gasteiger charge is 2.30. The van der Waals surface area contributed by atoms with Gasteiger partial charge in [-0.3, -0.25) is 9.59 Å². The predicted octanol–water partition coefficient (Wildman–Crippen LogP) is 2.97. The maximum absolute atomic E-state index is 12.4. The second-order valence-electron chi connectivity index (χ2n) is 6.36. The summed E-state index contributed by atoms with van der Waals surface area (Å²) in [7, 11) is 0. The van der Waals surface area contributed by atoms with Crippen LogP contribution in [0.4, 0.5) is 11.4 Å². The summed E-state index contributed by atoms with van der Waals surface area (Å²) in [6.45, 7) is 4.62. The molecule has 0 saturated heterocycles. The minimum absolute atomic E-state index is 0.0133. The van der Waals surface area contributed by atoms with E-state index in [-0.39, 0.29) is 23.7 Å². The molecule has 4 heteroatoms. The molecule has 4 nitrogen and oxygen atoms in total. The van der Waals surface area contributed by atoms with E-state index in [1.165, 1.54) is 5.56 Å². The molecule has 0 spiro atoms. The van der Waals surface area contributed by atoms with Gasteiger partial charge in [0.2, 0.25) is 11.8 Å². The minimum atomic E-state index is -0.0133. The monoisotopic (exact) mass is 286 g/mol. The number of nitrogens with one attached hydrogen (secondary N) is 1. The van der Waals surface area contributed by atoms with Gasteiger partial charge in [-0.05, 0) is 43.4 Å². The number of hydrogen-bond donors (Lipinski definition) is 1. The van der Waals surface area contributed by atoms with Gasteiger partial charge in [0.05, 0.1) is 0 Å². The first kappa shape index (κ1) is 14.1. The number of hydrogen-bond acceptors (Lipinski definition) is 2. The average molecular weight is 286 g/mol. The zero-order valence-corrected chi connectivity index (χ0v) is 12.7. The van der Waals surface area contributed by atoms with E-state index >= 15 is 0 Å². The largest absolute Gasteiger partial charge is 0.326 e. The first-order chi connectivity index (χ1) is 10.1. The molecule has 3 rings (SSSR count). The van der Waals surface area contributed by atoms with Crippen molar-refractivity contribution < 1.29 is 9.59 Å². The lowest BCUT2D eigenvalue weighted by molar-refractivity contribution is -0.121. The number of carbonyl (C=O) groups excluding carboxylic acids is 2. The van der Waals surface area contributed by atoms with Gasteiger partial charge in [-0.25, -0.2) is 0 Å². The van der Waals surface area contributed by atoms with Crippen LogP contribution < -0.4 is 10.2 Å². The summed E-state index contributed by atoms with van der Waals surface area (Å²) >= 11 is 0. The quantitative estimate of drug-likeness (QED) is 0.928. The van der Waals surface area contributed by atoms with Crippen LogP contribution in [0.5, 0.6) is 0 Å². The van der Waals surface area contributed by atoms with Crippen LogP contribution in [0, 0.1) is 11.8 Å². The smallest absolute Gasteiger partial charge is 0.229 e. The zero-order valence-electron chi connectivity index (χ0n) is 12.7. The second kappa shape index (κ2) is 5.51. The third-order valence-corrected chi connectivity index (χ3v) is 4.18. The Bertz CT molecular complexity index is 576. The average Bonchev–Trinajstić information content (AvgIpc) is 3.30. The molecule has 1 aromatic rings. The van der Waals surface area contributed by atoms with Crippen molar-refractivity contribution in [3.63, 3.8) is 0 Å². The lowest BCUT2D eigenvalue weighted by Gasteiger charge is -2.31. The van der Waals surface area contributed by atoms with E-state index in [0.717, 1.165) is 43.6 Å². The van der Waals surface area contributed by atoms with Crippen LogP contribution in [0.2, 0.25) is 0 Å². The van der Waals surface area contributed by atoms with Gasteiger partial charge < -0.3 is 10.2 Å². The fraction of sp³-hybridized carbons (Fsp3) is 0.529. The van der Waals surface area contributed by atoms with Crippen molar-refractivity contribution in [3.8, 4) is 0 Å². The van der Waals surface area contributed by atoms with E-state index in [1.807, 2.05) is 36.9 Å². The van der Waals surface area contributed by atoms with Crippen molar-refractivity contribution in [2.75, 3.05) is 16.8 Å². The number of anilines is 2. The topological polar surface area (TPSA) is 49.4 Å². The summed E-state index contributed by atoms with van der Waals surface area (Å²) in [4.78, 5) is 26.1. The molecule has 112 valence electrons. The Morgan fingerprint density at radius 1 is 1.29 bits per heavy atom. The Morgan fingerprint density at radius 3 is 2.71 bits per heavy atom. The predicted molar refractivity (Wildman–Crippen MR) is 83.3 cm³/mol. The molecule has 0 atom stereocenters. The van der Waals surface area contributed by atoms with E-state index in [9.17, 15) is 9.59 Å². The Labute approximate surface area is 125 Å². The zero-order chi connectivity index (χ0) is 15.0. The summed E-state index contributed by atoms with van der Waals surface area (Å²) < 4.78 is 0. The van der Waals surface area contributed by atoms with Crippen LogP contribution in [-0.4, -0.2) is 18.4 Å². The Kier molecular flexibility index (Phi) is 3.70. The maximum atomic E-state index is 12.4.